The van der Waals surface area contributed by atoms with Crippen LogP contribution in [0.2, 0.25) is 0 Å². The molecule has 3 heteroatoms. The van der Waals surface area contributed by atoms with E-state index in [2.05, 4.69) is 0 Å². The van der Waals surface area contributed by atoms with Crippen LogP contribution in [0.15, 0.2) is 0 Å². The second-order valence-electron chi connectivity index (χ2n) is 2.98. The lowest BCUT2D eigenvalue weighted by Gasteiger charge is -1.98. The molecule has 0 aliphatic heterocycles. The Labute approximate surface area is 73.8 Å². The molecule has 0 rings (SSSR count). The molecule has 0 bridgehead atoms. The summed E-state index contributed by atoms with van der Waals surface area (Å²) in [4.78, 5) is 10.8. The Morgan fingerprint density at radius 1 is 1.25 bits per heavy atom. The summed E-state index contributed by atoms with van der Waals surface area (Å²) in [6.45, 7) is 1.89. The number of nitrogens with one attached hydrogen (secondary N) is 1. The number of hydrogen-bond acceptors (Lipinski definition) is 2. The van der Waals surface area contributed by atoms with Gasteiger partial charge in [-0.25, -0.2) is 0 Å². The van der Waals surface area contributed by atoms with E-state index in [1.165, 1.54) is 0 Å². The summed E-state index contributed by atoms with van der Waals surface area (Å²) in [6.07, 6.45) is 4.89. The number of hydrogen-bond donors (Lipinski definition) is 2. The molecular weight excluding hydrogens is 152 g/mol. The van der Waals surface area contributed by atoms with Gasteiger partial charge in [0.2, 0.25) is 0 Å². The minimum Gasteiger partial charge on any atom is -0.388 e. The van der Waals surface area contributed by atoms with E-state index in [-0.39, 0.29) is 5.84 Å². The molecule has 0 aromatic heterocycles. The Morgan fingerprint density at radius 3 is 2.33 bits per heavy atom. The van der Waals surface area contributed by atoms with Crippen LogP contribution in [0.4, 0.5) is 0 Å². The number of nitrogens with two attached hydrogens (primary N) is 1. The first kappa shape index (κ1) is 11.1. The molecule has 0 heterocycles. The molecule has 0 aliphatic rings. The highest BCUT2D eigenvalue weighted by atomic mass is 16.1. The van der Waals surface area contributed by atoms with Gasteiger partial charge in [-0.3, -0.25) is 10.2 Å². The number of ketones is 1. The van der Waals surface area contributed by atoms with Gasteiger partial charge in [0.15, 0.2) is 0 Å². The zero-order valence-electron chi connectivity index (χ0n) is 7.73. The SMILES string of the molecule is CCC(=O)CCCCCC(=N)N. The molecule has 0 amide bonds. The molecule has 0 fully saturated rings. The highest BCUT2D eigenvalue weighted by Gasteiger charge is 1.97. The van der Waals surface area contributed by atoms with Crippen LogP contribution in [0.1, 0.15) is 45.4 Å². The molecule has 0 aliphatic carbocycles. The van der Waals surface area contributed by atoms with Crippen molar-refractivity contribution >= 4 is 11.6 Å². The average molecular weight is 170 g/mol. The fourth-order valence-electron chi connectivity index (χ4n) is 0.991. The average Bonchev–Trinajstić information content (AvgIpc) is 2.03. The third-order valence-corrected chi connectivity index (χ3v) is 1.80. The van der Waals surface area contributed by atoms with Gasteiger partial charge in [0.25, 0.3) is 0 Å². The van der Waals surface area contributed by atoms with Crippen LogP contribution >= 0.6 is 0 Å². The van der Waals surface area contributed by atoms with Gasteiger partial charge in [-0.15, -0.1) is 0 Å². The van der Waals surface area contributed by atoms with Crippen molar-refractivity contribution in [3.05, 3.63) is 0 Å². The second kappa shape index (κ2) is 6.83. The predicted molar refractivity (Wildman–Crippen MR) is 50.3 cm³/mol. The number of unbranched alkanes of at least 4 members (excludes halogenated alkanes) is 2. The molecule has 70 valence electrons. The molecule has 0 saturated heterocycles. The zero-order chi connectivity index (χ0) is 9.40. The smallest absolute Gasteiger partial charge is 0.132 e. The highest BCUT2D eigenvalue weighted by molar-refractivity contribution is 5.78. The van der Waals surface area contributed by atoms with Gasteiger partial charge in [0.1, 0.15) is 5.78 Å². The molecule has 0 radical (unpaired) electrons. The van der Waals surface area contributed by atoms with Crippen molar-refractivity contribution in [3.63, 3.8) is 0 Å². The highest BCUT2D eigenvalue weighted by Crippen LogP contribution is 2.04. The van der Waals surface area contributed by atoms with E-state index >= 15 is 0 Å². The quantitative estimate of drug-likeness (QED) is 0.348. The normalized spacial score (nSPS) is 9.75. The summed E-state index contributed by atoms with van der Waals surface area (Å²) >= 11 is 0. The molecule has 0 unspecified atom stereocenters. The molecule has 0 aromatic rings. The van der Waals surface area contributed by atoms with E-state index < -0.39 is 0 Å². The van der Waals surface area contributed by atoms with Crippen molar-refractivity contribution in [2.75, 3.05) is 0 Å². The molecule has 12 heavy (non-hydrogen) atoms. The fraction of sp³-hybridized carbons (Fsp3) is 0.778. The van der Waals surface area contributed by atoms with Crippen LogP contribution in [0.5, 0.6) is 0 Å². The zero-order valence-corrected chi connectivity index (χ0v) is 7.73. The van der Waals surface area contributed by atoms with Gasteiger partial charge >= 0.3 is 0 Å². The van der Waals surface area contributed by atoms with Crippen molar-refractivity contribution in [3.8, 4) is 0 Å². The van der Waals surface area contributed by atoms with E-state index in [0.29, 0.717) is 25.0 Å². The van der Waals surface area contributed by atoms with Gasteiger partial charge in [-0.1, -0.05) is 13.3 Å². The summed E-state index contributed by atoms with van der Waals surface area (Å²) in [5.74, 6) is 0.578. The Kier molecular flexibility index (Phi) is 6.34. The summed E-state index contributed by atoms with van der Waals surface area (Å²) < 4.78 is 0. The first-order chi connectivity index (χ1) is 5.66. The van der Waals surface area contributed by atoms with Crippen LogP contribution in [0, 0.1) is 5.41 Å². The van der Waals surface area contributed by atoms with Gasteiger partial charge in [0, 0.05) is 19.3 Å². The maximum Gasteiger partial charge on any atom is 0.132 e. The van der Waals surface area contributed by atoms with Crippen molar-refractivity contribution in [1.82, 2.24) is 0 Å². The third-order valence-electron chi connectivity index (χ3n) is 1.80. The van der Waals surface area contributed by atoms with Crippen LogP contribution in [0.25, 0.3) is 0 Å². The van der Waals surface area contributed by atoms with Crippen molar-refractivity contribution in [2.24, 2.45) is 5.73 Å². The molecular formula is C9H18N2O. The Bertz CT molecular complexity index is 155. The maximum atomic E-state index is 10.8. The molecule has 3 N–H and O–H groups in total. The first-order valence-electron chi connectivity index (χ1n) is 4.51. The van der Waals surface area contributed by atoms with Crippen LogP contribution < -0.4 is 5.73 Å². The first-order valence-corrected chi connectivity index (χ1v) is 4.51. The van der Waals surface area contributed by atoms with E-state index in [9.17, 15) is 4.79 Å². The van der Waals surface area contributed by atoms with E-state index in [1.807, 2.05) is 6.92 Å². The molecule has 0 aromatic carbocycles. The van der Waals surface area contributed by atoms with Crippen molar-refractivity contribution < 1.29 is 4.79 Å². The lowest BCUT2D eigenvalue weighted by atomic mass is 10.1. The molecule has 3 nitrogen and oxygen atoms in total. The van der Waals surface area contributed by atoms with Gasteiger partial charge in [-0.05, 0) is 12.8 Å². The van der Waals surface area contributed by atoms with Gasteiger partial charge in [-0.2, -0.15) is 0 Å². The van der Waals surface area contributed by atoms with Crippen LogP contribution in [0.3, 0.4) is 0 Å². The second-order valence-corrected chi connectivity index (χ2v) is 2.98. The Balaban J connectivity index is 3.11. The Hall–Kier alpha value is -0.860. The minimum atomic E-state index is 0.247. The number of carbonyl (C=O) groups is 1. The standard InChI is InChI=1S/C9H18N2O/c1-2-8(12)6-4-3-5-7-9(10)11/h2-7H2,1H3,(H3,10,11). The lowest BCUT2D eigenvalue weighted by Crippen LogP contribution is -2.08. The summed E-state index contributed by atoms with van der Waals surface area (Å²) in [6, 6.07) is 0. The fourth-order valence-corrected chi connectivity index (χ4v) is 0.991. The maximum absolute atomic E-state index is 10.8. The van der Waals surface area contributed by atoms with E-state index in [0.717, 1.165) is 19.3 Å². The molecule has 0 spiro atoms. The van der Waals surface area contributed by atoms with Crippen molar-refractivity contribution in [1.29, 1.82) is 5.41 Å². The Morgan fingerprint density at radius 2 is 1.83 bits per heavy atom. The monoisotopic (exact) mass is 170 g/mol. The number of carbonyl (C=O) groups excluding carboxylic acids is 1. The molecule has 0 atom stereocenters. The number of rotatable bonds is 7. The van der Waals surface area contributed by atoms with Crippen LogP contribution in [-0.4, -0.2) is 11.6 Å². The molecule has 0 saturated carbocycles. The number of amidine groups is 1. The van der Waals surface area contributed by atoms with Crippen molar-refractivity contribution in [2.45, 2.75) is 45.4 Å². The summed E-state index contributed by atoms with van der Waals surface area (Å²) in [5, 5.41) is 6.96. The largest absolute Gasteiger partial charge is 0.388 e. The van der Waals surface area contributed by atoms with Crippen LogP contribution in [-0.2, 0) is 4.79 Å². The summed E-state index contributed by atoms with van der Waals surface area (Å²) in [7, 11) is 0. The minimum absolute atomic E-state index is 0.247. The predicted octanol–water partition coefficient (Wildman–Crippen LogP) is 1.85. The summed E-state index contributed by atoms with van der Waals surface area (Å²) in [5.41, 5.74) is 5.18. The topological polar surface area (TPSA) is 66.9 Å². The van der Waals surface area contributed by atoms with E-state index in [1.54, 1.807) is 0 Å². The van der Waals surface area contributed by atoms with Gasteiger partial charge in [0.05, 0.1) is 5.84 Å². The lowest BCUT2D eigenvalue weighted by molar-refractivity contribution is -0.118. The van der Waals surface area contributed by atoms with Gasteiger partial charge < -0.3 is 5.73 Å². The number of Topliss-reactive ketones (excluding diaryl/α,β-unsaturated/α-hetero) is 1. The third kappa shape index (κ3) is 7.25. The van der Waals surface area contributed by atoms with E-state index in [4.69, 9.17) is 11.1 Å².